The van der Waals surface area contributed by atoms with Gasteiger partial charge in [0.15, 0.2) is 0 Å². The van der Waals surface area contributed by atoms with Gasteiger partial charge in [-0.3, -0.25) is 14.4 Å². The summed E-state index contributed by atoms with van der Waals surface area (Å²) < 4.78 is 0. The molecule has 0 aromatic heterocycles. The lowest BCUT2D eigenvalue weighted by atomic mass is 10.1. The summed E-state index contributed by atoms with van der Waals surface area (Å²) in [4.78, 5) is 40.3. The van der Waals surface area contributed by atoms with E-state index in [1.807, 2.05) is 18.2 Å². The average Bonchev–Trinajstić information content (AvgIpc) is 3.28. The Morgan fingerprint density at radius 1 is 1.04 bits per heavy atom. The number of carbonyl (C=O) groups is 3. The molecule has 144 valence electrons. The van der Waals surface area contributed by atoms with Gasteiger partial charge in [0.1, 0.15) is 0 Å². The molecule has 1 unspecified atom stereocenters. The molecule has 0 saturated carbocycles. The van der Waals surface area contributed by atoms with Crippen molar-refractivity contribution >= 4 is 46.4 Å². The first-order chi connectivity index (χ1) is 13.5. The van der Waals surface area contributed by atoms with Crippen LogP contribution in [0.1, 0.15) is 19.3 Å². The lowest BCUT2D eigenvalue weighted by Gasteiger charge is -2.19. The highest BCUT2D eigenvalue weighted by Crippen LogP contribution is 2.32. The Labute approximate surface area is 168 Å². The summed E-state index contributed by atoms with van der Waals surface area (Å²) in [7, 11) is 0. The van der Waals surface area contributed by atoms with Crippen LogP contribution in [0, 0.1) is 5.92 Å². The fourth-order valence-electron chi connectivity index (χ4n) is 3.70. The van der Waals surface area contributed by atoms with Crippen LogP contribution in [0.3, 0.4) is 0 Å². The molecule has 0 radical (unpaired) electrons. The Hall–Kier alpha value is -2.86. The van der Waals surface area contributed by atoms with E-state index in [9.17, 15) is 14.4 Å². The summed E-state index contributed by atoms with van der Waals surface area (Å²) in [5.74, 6) is -0.696. The number of hydrogen-bond acceptors (Lipinski definition) is 3. The number of nitrogens with one attached hydrogen (secondary N) is 1. The Kier molecular flexibility index (Phi) is 5.05. The van der Waals surface area contributed by atoms with Crippen molar-refractivity contribution in [2.24, 2.45) is 5.92 Å². The zero-order chi connectivity index (χ0) is 19.7. The van der Waals surface area contributed by atoms with Gasteiger partial charge < -0.3 is 15.1 Å². The normalized spacial score (nSPS) is 19.4. The molecule has 2 aliphatic heterocycles. The molecule has 0 spiro atoms. The van der Waals surface area contributed by atoms with Gasteiger partial charge in [-0.05, 0) is 36.8 Å². The van der Waals surface area contributed by atoms with Crippen molar-refractivity contribution in [2.75, 3.05) is 28.2 Å². The van der Waals surface area contributed by atoms with E-state index in [0.29, 0.717) is 35.9 Å². The van der Waals surface area contributed by atoms with Gasteiger partial charge in [0.05, 0.1) is 16.6 Å². The van der Waals surface area contributed by atoms with Gasteiger partial charge in [-0.1, -0.05) is 29.8 Å². The second-order valence-corrected chi connectivity index (χ2v) is 7.45. The van der Waals surface area contributed by atoms with Crippen LogP contribution in [0.2, 0.25) is 5.02 Å². The summed E-state index contributed by atoms with van der Waals surface area (Å²) in [5, 5.41) is 3.37. The molecule has 2 aromatic rings. The molecular weight excluding hydrogens is 378 g/mol. The van der Waals surface area contributed by atoms with Crippen LogP contribution in [0.15, 0.2) is 48.5 Å². The topological polar surface area (TPSA) is 69.7 Å². The molecule has 2 heterocycles. The van der Waals surface area contributed by atoms with E-state index >= 15 is 0 Å². The molecule has 2 aromatic carbocycles. The van der Waals surface area contributed by atoms with Crippen molar-refractivity contribution < 1.29 is 14.4 Å². The smallest absolute Gasteiger partial charge is 0.229 e. The molecule has 1 N–H and O–H groups in total. The molecule has 7 heteroatoms. The van der Waals surface area contributed by atoms with Gasteiger partial charge in [0.25, 0.3) is 0 Å². The van der Waals surface area contributed by atoms with Crippen LogP contribution in [0.5, 0.6) is 0 Å². The molecule has 0 aliphatic carbocycles. The van der Waals surface area contributed by atoms with Crippen LogP contribution < -0.4 is 15.1 Å². The van der Waals surface area contributed by atoms with E-state index in [1.54, 1.807) is 40.1 Å². The predicted molar refractivity (Wildman–Crippen MR) is 109 cm³/mol. The lowest BCUT2D eigenvalue weighted by molar-refractivity contribution is -0.122. The number of halogens is 1. The highest BCUT2D eigenvalue weighted by atomic mass is 35.5. The van der Waals surface area contributed by atoms with Crippen molar-refractivity contribution in [1.29, 1.82) is 0 Å². The fourth-order valence-corrected chi connectivity index (χ4v) is 3.94. The van der Waals surface area contributed by atoms with Gasteiger partial charge >= 0.3 is 0 Å². The Balaban J connectivity index is 1.45. The largest absolute Gasteiger partial charge is 0.326 e. The quantitative estimate of drug-likeness (QED) is 0.858. The zero-order valence-electron chi connectivity index (χ0n) is 15.2. The van der Waals surface area contributed by atoms with Crippen LogP contribution in [0.4, 0.5) is 17.1 Å². The number of para-hydroxylation sites is 1. The third kappa shape index (κ3) is 3.60. The molecule has 3 amide bonds. The first-order valence-corrected chi connectivity index (χ1v) is 9.67. The van der Waals surface area contributed by atoms with Gasteiger partial charge in [-0.2, -0.15) is 0 Å². The third-order valence-electron chi connectivity index (χ3n) is 5.14. The second kappa shape index (κ2) is 7.64. The van der Waals surface area contributed by atoms with E-state index in [0.717, 1.165) is 12.1 Å². The zero-order valence-corrected chi connectivity index (χ0v) is 16.0. The minimum Gasteiger partial charge on any atom is -0.326 e. The summed E-state index contributed by atoms with van der Waals surface area (Å²) in [6.45, 7) is 0.985. The molecule has 6 nitrogen and oxygen atoms in total. The van der Waals surface area contributed by atoms with Gasteiger partial charge in [0.2, 0.25) is 17.7 Å². The average molecular weight is 398 g/mol. The molecular formula is C21H20ClN3O3. The first kappa shape index (κ1) is 18.5. The molecule has 2 fully saturated rings. The predicted octanol–water partition coefficient (Wildman–Crippen LogP) is 3.46. The van der Waals surface area contributed by atoms with E-state index in [4.69, 9.17) is 11.6 Å². The number of amides is 3. The van der Waals surface area contributed by atoms with Gasteiger partial charge in [-0.25, -0.2) is 0 Å². The maximum Gasteiger partial charge on any atom is 0.229 e. The molecule has 0 bridgehead atoms. The first-order valence-electron chi connectivity index (χ1n) is 9.29. The lowest BCUT2D eigenvalue weighted by Crippen LogP contribution is -2.28. The Morgan fingerprint density at radius 3 is 2.61 bits per heavy atom. The van der Waals surface area contributed by atoms with E-state index < -0.39 is 5.92 Å². The second-order valence-electron chi connectivity index (χ2n) is 7.05. The van der Waals surface area contributed by atoms with Crippen molar-refractivity contribution in [1.82, 2.24) is 0 Å². The summed E-state index contributed by atoms with van der Waals surface area (Å²) in [6, 6.07) is 14.4. The Morgan fingerprint density at radius 2 is 1.86 bits per heavy atom. The highest BCUT2D eigenvalue weighted by Gasteiger charge is 2.36. The summed E-state index contributed by atoms with van der Waals surface area (Å²) in [6.07, 6.45) is 1.54. The summed E-state index contributed by atoms with van der Waals surface area (Å²) in [5.41, 5.74) is 2.02. The number of carbonyl (C=O) groups excluding carboxylic acids is 3. The molecule has 1 atom stereocenters. The highest BCUT2D eigenvalue weighted by molar-refractivity contribution is 6.33. The molecule has 28 heavy (non-hydrogen) atoms. The van der Waals surface area contributed by atoms with Crippen LogP contribution >= 0.6 is 11.6 Å². The van der Waals surface area contributed by atoms with Crippen LogP contribution in [0.25, 0.3) is 0 Å². The monoisotopic (exact) mass is 397 g/mol. The van der Waals surface area contributed by atoms with Gasteiger partial charge in [0, 0.05) is 37.3 Å². The van der Waals surface area contributed by atoms with E-state index in [-0.39, 0.29) is 24.1 Å². The van der Waals surface area contributed by atoms with E-state index in [2.05, 4.69) is 5.32 Å². The van der Waals surface area contributed by atoms with Crippen LogP contribution in [-0.2, 0) is 14.4 Å². The SMILES string of the molecule is O=C(Nc1cccc(N2CCCC2=O)c1)C1CC(=O)N(c2ccccc2Cl)C1. The number of hydrogen-bond donors (Lipinski definition) is 1. The number of benzene rings is 2. The molecule has 2 saturated heterocycles. The molecule has 2 aliphatic rings. The third-order valence-corrected chi connectivity index (χ3v) is 5.46. The van der Waals surface area contributed by atoms with Crippen molar-refractivity contribution in [3.05, 3.63) is 53.6 Å². The fraction of sp³-hybridized carbons (Fsp3) is 0.286. The maximum atomic E-state index is 12.7. The standard InChI is InChI=1S/C21H20ClN3O3/c22-17-7-1-2-8-18(17)25-13-14(11-20(25)27)21(28)23-15-5-3-6-16(12-15)24-10-4-9-19(24)26/h1-3,5-8,12,14H,4,9-11,13H2,(H,23,28). The van der Waals surface area contributed by atoms with Crippen LogP contribution in [-0.4, -0.2) is 30.8 Å². The molecule has 4 rings (SSSR count). The number of anilines is 3. The van der Waals surface area contributed by atoms with Crippen molar-refractivity contribution in [2.45, 2.75) is 19.3 Å². The number of nitrogens with zero attached hydrogens (tertiary/aromatic N) is 2. The maximum absolute atomic E-state index is 12.7. The van der Waals surface area contributed by atoms with Crippen molar-refractivity contribution in [3.8, 4) is 0 Å². The number of rotatable bonds is 4. The minimum absolute atomic E-state index is 0.0975. The Bertz CT molecular complexity index is 946. The van der Waals surface area contributed by atoms with Gasteiger partial charge in [-0.15, -0.1) is 0 Å². The minimum atomic E-state index is -0.458. The summed E-state index contributed by atoms with van der Waals surface area (Å²) >= 11 is 6.19. The van der Waals surface area contributed by atoms with Crippen molar-refractivity contribution in [3.63, 3.8) is 0 Å². The van der Waals surface area contributed by atoms with E-state index in [1.165, 1.54) is 0 Å².